The van der Waals surface area contributed by atoms with Crippen LogP contribution in [-0.4, -0.2) is 19.4 Å². The van der Waals surface area contributed by atoms with Crippen LogP contribution in [0.5, 0.6) is 0 Å². The number of nitrogens with zero attached hydrogens (tertiary/aromatic N) is 2. The number of aldehydes is 1. The molecule has 1 aromatic rings. The van der Waals surface area contributed by atoms with Crippen LogP contribution < -0.4 is 4.90 Å². The molecular formula is C14H18N2O. The lowest BCUT2D eigenvalue weighted by Crippen LogP contribution is -2.27. The van der Waals surface area contributed by atoms with E-state index in [0.717, 1.165) is 29.6 Å². The number of nitriles is 1. The van der Waals surface area contributed by atoms with E-state index in [2.05, 4.69) is 17.9 Å². The van der Waals surface area contributed by atoms with Gasteiger partial charge in [0.05, 0.1) is 12.0 Å². The molecule has 90 valence electrons. The summed E-state index contributed by atoms with van der Waals surface area (Å²) in [5.41, 5.74) is 2.76. The van der Waals surface area contributed by atoms with Gasteiger partial charge in [-0.15, -0.1) is 0 Å². The molecule has 1 unspecified atom stereocenters. The molecule has 1 rings (SSSR count). The molecule has 1 aromatic carbocycles. The Morgan fingerprint density at radius 3 is 2.71 bits per heavy atom. The molecular weight excluding hydrogens is 212 g/mol. The van der Waals surface area contributed by atoms with Gasteiger partial charge in [-0.3, -0.25) is 4.79 Å². The van der Waals surface area contributed by atoms with Gasteiger partial charge in [-0.25, -0.2) is 0 Å². The topological polar surface area (TPSA) is 44.1 Å². The highest BCUT2D eigenvalue weighted by atomic mass is 16.1. The highest BCUT2D eigenvalue weighted by Gasteiger charge is 2.09. The fraction of sp³-hybridized carbons (Fsp3) is 0.429. The number of rotatable bonds is 5. The molecule has 0 aromatic heterocycles. The van der Waals surface area contributed by atoms with Crippen molar-refractivity contribution in [2.45, 2.75) is 20.8 Å². The van der Waals surface area contributed by atoms with Gasteiger partial charge in [0, 0.05) is 24.3 Å². The molecule has 0 saturated heterocycles. The van der Waals surface area contributed by atoms with Gasteiger partial charge < -0.3 is 4.90 Å². The Balaban J connectivity index is 2.93. The molecule has 0 radical (unpaired) electrons. The first-order chi connectivity index (χ1) is 8.12. The zero-order valence-corrected chi connectivity index (χ0v) is 10.6. The van der Waals surface area contributed by atoms with Gasteiger partial charge in [0.25, 0.3) is 0 Å². The molecule has 0 fully saturated rings. The molecule has 0 saturated carbocycles. The molecule has 3 heteroatoms. The summed E-state index contributed by atoms with van der Waals surface area (Å²) in [5.74, 6) is 0.000929. The molecule has 0 heterocycles. The molecule has 0 bridgehead atoms. The van der Waals surface area contributed by atoms with Gasteiger partial charge in [-0.2, -0.15) is 5.26 Å². The maximum atomic E-state index is 10.7. The number of carbonyl (C=O) groups is 1. The molecule has 0 spiro atoms. The average molecular weight is 230 g/mol. The van der Waals surface area contributed by atoms with Crippen LogP contribution in [0.3, 0.4) is 0 Å². The Morgan fingerprint density at radius 2 is 2.24 bits per heavy atom. The average Bonchev–Trinajstić information content (AvgIpc) is 2.35. The van der Waals surface area contributed by atoms with Crippen molar-refractivity contribution in [2.24, 2.45) is 5.92 Å². The predicted molar refractivity (Wildman–Crippen MR) is 69.2 cm³/mol. The van der Waals surface area contributed by atoms with Crippen LogP contribution in [0, 0.1) is 24.2 Å². The van der Waals surface area contributed by atoms with Crippen molar-refractivity contribution in [1.29, 1.82) is 5.26 Å². The normalized spacial score (nSPS) is 11.6. The summed E-state index contributed by atoms with van der Waals surface area (Å²) in [6, 6.07) is 8.00. The Labute approximate surface area is 103 Å². The van der Waals surface area contributed by atoms with E-state index in [1.807, 2.05) is 32.0 Å². The van der Waals surface area contributed by atoms with Crippen molar-refractivity contribution in [2.75, 3.05) is 18.0 Å². The van der Waals surface area contributed by atoms with E-state index in [0.29, 0.717) is 6.54 Å². The number of anilines is 1. The minimum Gasteiger partial charge on any atom is -0.370 e. The molecule has 0 aliphatic heterocycles. The number of benzene rings is 1. The number of aryl methyl sites for hydroxylation is 1. The second kappa shape index (κ2) is 6.05. The monoisotopic (exact) mass is 230 g/mol. The lowest BCUT2D eigenvalue weighted by molar-refractivity contribution is 0.112. The fourth-order valence-electron chi connectivity index (χ4n) is 1.78. The molecule has 3 nitrogen and oxygen atoms in total. The number of carbonyl (C=O) groups excluding carboxylic acids is 1. The Kier molecular flexibility index (Phi) is 4.71. The van der Waals surface area contributed by atoms with Gasteiger partial charge in [0.15, 0.2) is 0 Å². The van der Waals surface area contributed by atoms with Crippen LogP contribution >= 0.6 is 0 Å². The second-order valence-electron chi connectivity index (χ2n) is 4.23. The SMILES string of the molecule is CCN(CC(C)C#N)c1ccc(C=O)c(C)c1. The van der Waals surface area contributed by atoms with Gasteiger partial charge >= 0.3 is 0 Å². The van der Waals surface area contributed by atoms with Crippen molar-refractivity contribution in [1.82, 2.24) is 0 Å². The van der Waals surface area contributed by atoms with E-state index in [-0.39, 0.29) is 5.92 Å². The number of hydrogen-bond donors (Lipinski definition) is 0. The lowest BCUT2D eigenvalue weighted by Gasteiger charge is -2.24. The smallest absolute Gasteiger partial charge is 0.150 e. The Morgan fingerprint density at radius 1 is 1.53 bits per heavy atom. The van der Waals surface area contributed by atoms with Crippen LogP contribution in [0.25, 0.3) is 0 Å². The predicted octanol–water partition coefficient (Wildman–Crippen LogP) is 2.79. The summed E-state index contributed by atoms with van der Waals surface area (Å²) in [6.07, 6.45) is 0.868. The standard InChI is InChI=1S/C14H18N2O/c1-4-16(9-11(2)8-15)14-6-5-13(10-17)12(3)7-14/h5-7,10-11H,4,9H2,1-3H3. The quantitative estimate of drug-likeness (QED) is 0.730. The summed E-state index contributed by atoms with van der Waals surface area (Å²) in [4.78, 5) is 12.9. The summed E-state index contributed by atoms with van der Waals surface area (Å²) in [6.45, 7) is 7.47. The third-order valence-electron chi connectivity index (χ3n) is 2.84. The van der Waals surface area contributed by atoms with Crippen LogP contribution in [0.15, 0.2) is 18.2 Å². The molecule has 0 amide bonds. The minimum atomic E-state index is 0.000929. The summed E-state index contributed by atoms with van der Waals surface area (Å²) < 4.78 is 0. The third-order valence-corrected chi connectivity index (χ3v) is 2.84. The van der Waals surface area contributed by atoms with Crippen molar-refractivity contribution >= 4 is 12.0 Å². The number of hydrogen-bond acceptors (Lipinski definition) is 3. The van der Waals surface area contributed by atoms with Crippen LogP contribution in [0.2, 0.25) is 0 Å². The van der Waals surface area contributed by atoms with E-state index >= 15 is 0 Å². The maximum Gasteiger partial charge on any atom is 0.150 e. The molecule has 0 N–H and O–H groups in total. The molecule has 0 aliphatic carbocycles. The fourth-order valence-corrected chi connectivity index (χ4v) is 1.78. The highest BCUT2D eigenvalue weighted by molar-refractivity contribution is 5.78. The Bertz CT molecular complexity index is 434. The first-order valence-corrected chi connectivity index (χ1v) is 5.82. The van der Waals surface area contributed by atoms with E-state index in [4.69, 9.17) is 5.26 Å². The summed E-state index contributed by atoms with van der Waals surface area (Å²) >= 11 is 0. The van der Waals surface area contributed by atoms with Crippen LogP contribution in [-0.2, 0) is 0 Å². The van der Waals surface area contributed by atoms with Crippen molar-refractivity contribution in [3.63, 3.8) is 0 Å². The largest absolute Gasteiger partial charge is 0.370 e. The van der Waals surface area contributed by atoms with Crippen LogP contribution in [0.4, 0.5) is 5.69 Å². The minimum absolute atomic E-state index is 0.000929. The first kappa shape index (κ1) is 13.2. The van der Waals surface area contributed by atoms with Crippen molar-refractivity contribution in [3.05, 3.63) is 29.3 Å². The van der Waals surface area contributed by atoms with E-state index in [9.17, 15) is 4.79 Å². The van der Waals surface area contributed by atoms with Gasteiger partial charge in [-0.05, 0) is 44.5 Å². The Hall–Kier alpha value is -1.82. The lowest BCUT2D eigenvalue weighted by atomic mass is 10.1. The summed E-state index contributed by atoms with van der Waals surface area (Å²) in [7, 11) is 0. The third kappa shape index (κ3) is 3.32. The van der Waals surface area contributed by atoms with Crippen molar-refractivity contribution < 1.29 is 4.79 Å². The van der Waals surface area contributed by atoms with Gasteiger partial charge in [0.2, 0.25) is 0 Å². The van der Waals surface area contributed by atoms with Crippen LogP contribution in [0.1, 0.15) is 29.8 Å². The highest BCUT2D eigenvalue weighted by Crippen LogP contribution is 2.19. The zero-order chi connectivity index (χ0) is 12.8. The van der Waals surface area contributed by atoms with Crippen molar-refractivity contribution in [3.8, 4) is 6.07 Å². The second-order valence-corrected chi connectivity index (χ2v) is 4.23. The van der Waals surface area contributed by atoms with Gasteiger partial charge in [-0.1, -0.05) is 0 Å². The van der Waals surface area contributed by atoms with E-state index < -0.39 is 0 Å². The van der Waals surface area contributed by atoms with E-state index in [1.165, 1.54) is 0 Å². The first-order valence-electron chi connectivity index (χ1n) is 5.82. The van der Waals surface area contributed by atoms with Gasteiger partial charge in [0.1, 0.15) is 6.29 Å². The maximum absolute atomic E-state index is 10.7. The summed E-state index contributed by atoms with van der Waals surface area (Å²) in [5, 5.41) is 8.84. The molecule has 1 atom stereocenters. The molecule has 0 aliphatic rings. The zero-order valence-electron chi connectivity index (χ0n) is 10.6. The van der Waals surface area contributed by atoms with E-state index in [1.54, 1.807) is 0 Å². The molecule has 17 heavy (non-hydrogen) atoms.